The summed E-state index contributed by atoms with van der Waals surface area (Å²) in [5.41, 5.74) is -0.658. The Morgan fingerprint density at radius 1 is 1.33 bits per heavy atom. The third kappa shape index (κ3) is 5.37. The Bertz CT molecular complexity index is 523. The zero-order valence-corrected chi connectivity index (χ0v) is 12.7. The molecule has 1 N–H and O–H groups in total. The van der Waals surface area contributed by atoms with Crippen molar-refractivity contribution in [3.8, 4) is 5.88 Å². The SMILES string of the molecule is CCCCOc1nc(C(=O)O)ncc1C(=O)OC(C)(C)C. The first kappa shape index (κ1) is 16.9. The van der Waals surface area contributed by atoms with Gasteiger partial charge in [-0.3, -0.25) is 0 Å². The number of esters is 1. The second-order valence-corrected chi connectivity index (χ2v) is 5.42. The molecule has 7 nitrogen and oxygen atoms in total. The van der Waals surface area contributed by atoms with Gasteiger partial charge in [0.25, 0.3) is 0 Å². The van der Waals surface area contributed by atoms with Crippen LogP contribution in [0.2, 0.25) is 0 Å². The smallest absolute Gasteiger partial charge is 0.374 e. The van der Waals surface area contributed by atoms with Crippen molar-refractivity contribution >= 4 is 11.9 Å². The molecule has 0 aromatic carbocycles. The van der Waals surface area contributed by atoms with Crippen molar-refractivity contribution in [1.29, 1.82) is 0 Å². The molecule has 0 saturated carbocycles. The third-order valence-electron chi connectivity index (χ3n) is 2.30. The second-order valence-electron chi connectivity index (χ2n) is 5.42. The predicted octanol–water partition coefficient (Wildman–Crippen LogP) is 2.31. The monoisotopic (exact) mass is 296 g/mol. The Labute approximate surface area is 123 Å². The number of hydrogen-bond donors (Lipinski definition) is 1. The standard InChI is InChI=1S/C14H20N2O5/c1-5-6-7-20-11-9(13(19)21-14(2,3)4)8-15-10(16-11)12(17)18/h8H,5-7H2,1-4H3,(H,17,18). The van der Waals surface area contributed by atoms with Crippen molar-refractivity contribution in [3.63, 3.8) is 0 Å². The second kappa shape index (κ2) is 7.01. The molecular weight excluding hydrogens is 276 g/mol. The van der Waals surface area contributed by atoms with Crippen LogP contribution in [0.5, 0.6) is 5.88 Å². The summed E-state index contributed by atoms with van der Waals surface area (Å²) in [4.78, 5) is 30.3. The highest BCUT2D eigenvalue weighted by Crippen LogP contribution is 2.19. The normalized spacial score (nSPS) is 11.0. The fourth-order valence-corrected chi connectivity index (χ4v) is 1.37. The van der Waals surface area contributed by atoms with E-state index in [4.69, 9.17) is 14.6 Å². The van der Waals surface area contributed by atoms with E-state index in [9.17, 15) is 9.59 Å². The molecule has 1 rings (SSSR count). The van der Waals surface area contributed by atoms with Gasteiger partial charge in [0.2, 0.25) is 11.7 Å². The summed E-state index contributed by atoms with van der Waals surface area (Å²) in [6, 6.07) is 0. The molecule has 0 saturated heterocycles. The topological polar surface area (TPSA) is 98.6 Å². The molecule has 0 unspecified atom stereocenters. The van der Waals surface area contributed by atoms with E-state index < -0.39 is 23.4 Å². The summed E-state index contributed by atoms with van der Waals surface area (Å²) in [7, 11) is 0. The first-order valence-corrected chi connectivity index (χ1v) is 6.71. The van der Waals surface area contributed by atoms with Gasteiger partial charge in [0.1, 0.15) is 11.2 Å². The molecule has 7 heteroatoms. The lowest BCUT2D eigenvalue weighted by atomic mass is 10.2. The van der Waals surface area contributed by atoms with Gasteiger partial charge < -0.3 is 14.6 Å². The van der Waals surface area contributed by atoms with Gasteiger partial charge in [-0.25, -0.2) is 14.6 Å². The van der Waals surface area contributed by atoms with E-state index in [1.165, 1.54) is 0 Å². The Morgan fingerprint density at radius 3 is 2.52 bits per heavy atom. The molecule has 1 heterocycles. The van der Waals surface area contributed by atoms with Crippen molar-refractivity contribution in [3.05, 3.63) is 17.6 Å². The number of aromatic nitrogens is 2. The number of unbranched alkanes of at least 4 members (excludes halogenated alkanes) is 1. The largest absolute Gasteiger partial charge is 0.477 e. The number of rotatable bonds is 6. The summed E-state index contributed by atoms with van der Waals surface area (Å²) < 4.78 is 10.6. The van der Waals surface area contributed by atoms with Gasteiger partial charge in [0.15, 0.2) is 0 Å². The van der Waals surface area contributed by atoms with E-state index in [0.717, 1.165) is 19.0 Å². The summed E-state index contributed by atoms with van der Waals surface area (Å²) in [5, 5.41) is 8.90. The maximum atomic E-state index is 12.1. The van der Waals surface area contributed by atoms with Gasteiger partial charge in [-0.2, -0.15) is 4.98 Å². The Morgan fingerprint density at radius 2 is 2.00 bits per heavy atom. The molecule has 0 atom stereocenters. The van der Waals surface area contributed by atoms with Crippen LogP contribution in [0.4, 0.5) is 0 Å². The van der Waals surface area contributed by atoms with Crippen LogP contribution in [0.15, 0.2) is 6.20 Å². The molecule has 0 bridgehead atoms. The first-order chi connectivity index (χ1) is 9.74. The van der Waals surface area contributed by atoms with Gasteiger partial charge in [0.05, 0.1) is 6.61 Å². The summed E-state index contributed by atoms with van der Waals surface area (Å²) in [6.45, 7) is 7.52. The van der Waals surface area contributed by atoms with Crippen molar-refractivity contribution in [2.24, 2.45) is 0 Å². The molecule has 116 valence electrons. The van der Waals surface area contributed by atoms with Crippen LogP contribution in [-0.2, 0) is 4.74 Å². The van der Waals surface area contributed by atoms with Crippen LogP contribution in [0.3, 0.4) is 0 Å². The molecule has 0 fully saturated rings. The first-order valence-electron chi connectivity index (χ1n) is 6.71. The maximum Gasteiger partial charge on any atom is 0.374 e. The van der Waals surface area contributed by atoms with Gasteiger partial charge in [-0.1, -0.05) is 13.3 Å². The molecule has 1 aromatic rings. The number of nitrogens with zero attached hydrogens (tertiary/aromatic N) is 2. The van der Waals surface area contributed by atoms with E-state index in [0.29, 0.717) is 6.61 Å². The summed E-state index contributed by atoms with van der Waals surface area (Å²) in [5.74, 6) is -2.42. The number of carboxylic acids is 1. The number of hydrogen-bond acceptors (Lipinski definition) is 6. The van der Waals surface area contributed by atoms with E-state index >= 15 is 0 Å². The fourth-order valence-electron chi connectivity index (χ4n) is 1.37. The van der Waals surface area contributed by atoms with Gasteiger partial charge >= 0.3 is 11.9 Å². The van der Waals surface area contributed by atoms with Crippen molar-refractivity contribution < 1.29 is 24.2 Å². The molecule has 1 aromatic heterocycles. The molecule has 0 radical (unpaired) electrons. The van der Waals surface area contributed by atoms with Gasteiger partial charge in [0, 0.05) is 6.20 Å². The summed E-state index contributed by atoms with van der Waals surface area (Å²) >= 11 is 0. The minimum Gasteiger partial charge on any atom is -0.477 e. The molecule has 0 aliphatic carbocycles. The lowest BCUT2D eigenvalue weighted by molar-refractivity contribution is 0.00635. The average molecular weight is 296 g/mol. The number of carbonyl (C=O) groups is 2. The van der Waals surface area contributed by atoms with Gasteiger partial charge in [-0.15, -0.1) is 0 Å². The Kier molecular flexibility index (Phi) is 5.63. The highest BCUT2D eigenvalue weighted by molar-refractivity contribution is 5.92. The minimum atomic E-state index is -1.29. The van der Waals surface area contributed by atoms with Crippen molar-refractivity contribution in [1.82, 2.24) is 9.97 Å². The van der Waals surface area contributed by atoms with Crippen LogP contribution in [-0.4, -0.2) is 39.2 Å². The van der Waals surface area contributed by atoms with Crippen molar-refractivity contribution in [2.75, 3.05) is 6.61 Å². The molecule has 0 amide bonds. The van der Waals surface area contributed by atoms with Crippen LogP contribution >= 0.6 is 0 Å². The Hall–Kier alpha value is -2.18. The number of carboxylic acid groups (broad SMARTS) is 1. The lowest BCUT2D eigenvalue weighted by Crippen LogP contribution is -2.25. The third-order valence-corrected chi connectivity index (χ3v) is 2.30. The zero-order chi connectivity index (χ0) is 16.0. The zero-order valence-electron chi connectivity index (χ0n) is 12.7. The Balaban J connectivity index is 3.05. The van der Waals surface area contributed by atoms with Crippen LogP contribution in [0.25, 0.3) is 0 Å². The molecule has 0 aliphatic heterocycles. The quantitative estimate of drug-likeness (QED) is 0.635. The van der Waals surface area contributed by atoms with E-state index in [2.05, 4.69) is 9.97 Å². The van der Waals surface area contributed by atoms with Gasteiger partial charge in [-0.05, 0) is 27.2 Å². The highest BCUT2D eigenvalue weighted by atomic mass is 16.6. The van der Waals surface area contributed by atoms with E-state index in [1.807, 2.05) is 6.92 Å². The minimum absolute atomic E-state index is 0.0195. The number of aromatic carboxylic acids is 1. The fraction of sp³-hybridized carbons (Fsp3) is 0.571. The van der Waals surface area contributed by atoms with E-state index in [-0.39, 0.29) is 11.4 Å². The predicted molar refractivity (Wildman–Crippen MR) is 74.6 cm³/mol. The average Bonchev–Trinajstić information content (AvgIpc) is 2.36. The summed E-state index contributed by atoms with van der Waals surface area (Å²) in [6.07, 6.45) is 2.78. The van der Waals surface area contributed by atoms with Crippen LogP contribution < -0.4 is 4.74 Å². The molecular formula is C14H20N2O5. The van der Waals surface area contributed by atoms with Crippen LogP contribution in [0, 0.1) is 0 Å². The lowest BCUT2D eigenvalue weighted by Gasteiger charge is -2.20. The van der Waals surface area contributed by atoms with Crippen molar-refractivity contribution in [2.45, 2.75) is 46.1 Å². The number of carbonyl (C=O) groups excluding carboxylic acids is 1. The molecule has 21 heavy (non-hydrogen) atoms. The number of ether oxygens (including phenoxy) is 2. The maximum absolute atomic E-state index is 12.1. The molecule has 0 aliphatic rings. The van der Waals surface area contributed by atoms with E-state index in [1.54, 1.807) is 20.8 Å². The highest BCUT2D eigenvalue weighted by Gasteiger charge is 2.24. The molecule has 0 spiro atoms. The van der Waals surface area contributed by atoms with Crippen LogP contribution in [0.1, 0.15) is 61.5 Å².